The largest absolute Gasteiger partial charge is 0.322 e. The van der Waals surface area contributed by atoms with Crippen LogP contribution in [0.25, 0.3) is 0 Å². The van der Waals surface area contributed by atoms with Crippen LogP contribution in [0, 0.1) is 12.7 Å². The number of anilines is 1. The highest BCUT2D eigenvalue weighted by atomic mass is 32.2. The predicted molar refractivity (Wildman–Crippen MR) is 101 cm³/mol. The zero-order valence-corrected chi connectivity index (χ0v) is 16.2. The number of rotatable bonds is 7. The molecule has 1 amide bonds. The quantitative estimate of drug-likeness (QED) is 0.776. The van der Waals surface area contributed by atoms with Gasteiger partial charge in [0, 0.05) is 25.4 Å². The average molecular weight is 395 g/mol. The summed E-state index contributed by atoms with van der Waals surface area (Å²) in [5, 5.41) is 2.38. The minimum Gasteiger partial charge on any atom is -0.322 e. The van der Waals surface area contributed by atoms with Crippen LogP contribution in [0.4, 0.5) is 10.1 Å². The maximum absolute atomic E-state index is 13.8. The highest BCUT2D eigenvalue weighted by Gasteiger charge is 2.22. The molecule has 0 aliphatic heterocycles. The first-order valence-corrected chi connectivity index (χ1v) is 9.89. The normalized spacial score (nSPS) is 11.6. The summed E-state index contributed by atoms with van der Waals surface area (Å²) in [5.41, 5.74) is 0.162. The zero-order valence-electron chi connectivity index (χ0n) is 15.4. The van der Waals surface area contributed by atoms with Crippen molar-refractivity contribution in [2.75, 3.05) is 18.4 Å². The molecule has 0 aliphatic rings. The molecule has 0 unspecified atom stereocenters. The first-order valence-electron chi connectivity index (χ1n) is 8.45. The fourth-order valence-corrected chi connectivity index (χ4v) is 4.04. The van der Waals surface area contributed by atoms with E-state index < -0.39 is 33.9 Å². The molecule has 0 spiro atoms. The van der Waals surface area contributed by atoms with Gasteiger partial charge in [-0.3, -0.25) is 9.59 Å². The van der Waals surface area contributed by atoms with Gasteiger partial charge in [0.25, 0.3) is 5.56 Å². The summed E-state index contributed by atoms with van der Waals surface area (Å²) in [5.74, 6) is -1.23. The van der Waals surface area contributed by atoms with E-state index in [4.69, 9.17) is 0 Å². The lowest BCUT2D eigenvalue weighted by Gasteiger charge is -2.19. The van der Waals surface area contributed by atoms with Gasteiger partial charge in [0.2, 0.25) is 15.9 Å². The van der Waals surface area contributed by atoms with Crippen molar-refractivity contribution in [2.45, 2.75) is 32.2 Å². The third-order valence-corrected chi connectivity index (χ3v) is 6.05. The van der Waals surface area contributed by atoms with Crippen molar-refractivity contribution in [1.29, 1.82) is 0 Å². The minimum absolute atomic E-state index is 0.00873. The van der Waals surface area contributed by atoms with Gasteiger partial charge in [-0.2, -0.15) is 4.31 Å². The van der Waals surface area contributed by atoms with Crippen LogP contribution >= 0.6 is 0 Å². The van der Waals surface area contributed by atoms with E-state index in [9.17, 15) is 22.4 Å². The third-order valence-electron chi connectivity index (χ3n) is 4.01. The summed E-state index contributed by atoms with van der Waals surface area (Å²) < 4.78 is 41.2. The van der Waals surface area contributed by atoms with Crippen LogP contribution in [0.2, 0.25) is 0 Å². The second-order valence-electron chi connectivity index (χ2n) is 5.95. The Bertz CT molecular complexity index is 998. The monoisotopic (exact) mass is 395 g/mol. The Labute approximate surface area is 157 Å². The summed E-state index contributed by atoms with van der Waals surface area (Å²) in [7, 11) is -3.76. The number of halogens is 1. The molecule has 2 rings (SSSR count). The number of nitrogens with zero attached hydrogens (tertiary/aromatic N) is 2. The Balaban J connectivity index is 2.26. The lowest BCUT2D eigenvalue weighted by Crippen LogP contribution is -2.33. The van der Waals surface area contributed by atoms with Gasteiger partial charge in [-0.25, -0.2) is 12.8 Å². The number of carbonyl (C=O) groups is 1. The lowest BCUT2D eigenvalue weighted by atomic mass is 10.2. The first kappa shape index (κ1) is 20.8. The summed E-state index contributed by atoms with van der Waals surface area (Å²) >= 11 is 0. The maximum atomic E-state index is 13.8. The SMILES string of the molecule is CCN(CC)S(=O)(=O)c1ccc(=O)n(CC(=O)Nc2ccc(C)cc2F)c1. The molecule has 2 aromatic rings. The van der Waals surface area contributed by atoms with Crippen LogP contribution in [-0.2, 0) is 21.4 Å². The number of hydrogen-bond acceptors (Lipinski definition) is 4. The van der Waals surface area contributed by atoms with Crippen LogP contribution < -0.4 is 10.9 Å². The van der Waals surface area contributed by atoms with Gasteiger partial charge in [0.15, 0.2) is 0 Å². The molecule has 0 fully saturated rings. The summed E-state index contributed by atoms with van der Waals surface area (Å²) in [6.07, 6.45) is 1.13. The highest BCUT2D eigenvalue weighted by Crippen LogP contribution is 2.16. The van der Waals surface area contributed by atoms with E-state index in [1.165, 1.54) is 22.5 Å². The molecule has 1 N–H and O–H groups in total. The Hall–Kier alpha value is -2.52. The number of carbonyl (C=O) groups excluding carboxylic acids is 1. The van der Waals surface area contributed by atoms with Crippen molar-refractivity contribution >= 4 is 21.6 Å². The number of sulfonamides is 1. The van der Waals surface area contributed by atoms with E-state index >= 15 is 0 Å². The van der Waals surface area contributed by atoms with E-state index in [1.54, 1.807) is 26.8 Å². The van der Waals surface area contributed by atoms with Crippen molar-refractivity contribution in [3.05, 3.63) is 58.3 Å². The van der Waals surface area contributed by atoms with Crippen LogP contribution in [0.5, 0.6) is 0 Å². The number of benzene rings is 1. The fourth-order valence-electron chi connectivity index (χ4n) is 2.56. The standard InChI is InChI=1S/C18H22FN3O4S/c1-4-22(5-2)27(25,26)14-7-9-18(24)21(11-14)12-17(23)20-16-8-6-13(3)10-15(16)19/h6-11H,4-5,12H2,1-3H3,(H,20,23). The molecular formula is C18H22FN3O4S. The molecular weight excluding hydrogens is 373 g/mol. The molecule has 7 nitrogen and oxygen atoms in total. The number of amides is 1. The second kappa shape index (κ2) is 8.45. The Morgan fingerprint density at radius 1 is 1.19 bits per heavy atom. The molecule has 9 heteroatoms. The molecule has 146 valence electrons. The van der Waals surface area contributed by atoms with Gasteiger partial charge < -0.3 is 9.88 Å². The molecule has 0 radical (unpaired) electrons. The van der Waals surface area contributed by atoms with Gasteiger partial charge in [-0.05, 0) is 30.7 Å². The van der Waals surface area contributed by atoms with Gasteiger partial charge in [0.05, 0.1) is 10.6 Å². The van der Waals surface area contributed by atoms with Gasteiger partial charge in [-0.1, -0.05) is 19.9 Å². The molecule has 0 atom stereocenters. The van der Waals surface area contributed by atoms with Crippen molar-refractivity contribution in [3.8, 4) is 0 Å². The van der Waals surface area contributed by atoms with Crippen molar-refractivity contribution in [3.63, 3.8) is 0 Å². The first-order chi connectivity index (χ1) is 12.7. The maximum Gasteiger partial charge on any atom is 0.251 e. The molecule has 27 heavy (non-hydrogen) atoms. The second-order valence-corrected chi connectivity index (χ2v) is 7.89. The Morgan fingerprint density at radius 3 is 2.44 bits per heavy atom. The molecule has 0 saturated carbocycles. The van der Waals surface area contributed by atoms with E-state index in [-0.39, 0.29) is 23.7 Å². The Morgan fingerprint density at radius 2 is 1.85 bits per heavy atom. The topological polar surface area (TPSA) is 88.5 Å². The average Bonchev–Trinajstić information content (AvgIpc) is 2.60. The lowest BCUT2D eigenvalue weighted by molar-refractivity contribution is -0.116. The van der Waals surface area contributed by atoms with E-state index in [2.05, 4.69) is 5.32 Å². The molecule has 0 aliphatic carbocycles. The smallest absolute Gasteiger partial charge is 0.251 e. The van der Waals surface area contributed by atoms with E-state index in [0.29, 0.717) is 5.56 Å². The number of hydrogen-bond donors (Lipinski definition) is 1. The Kier molecular flexibility index (Phi) is 6.50. The minimum atomic E-state index is -3.76. The molecule has 1 aromatic carbocycles. The van der Waals surface area contributed by atoms with Gasteiger partial charge in [0.1, 0.15) is 12.4 Å². The van der Waals surface area contributed by atoms with E-state index in [1.807, 2.05) is 0 Å². The number of aryl methyl sites for hydroxylation is 1. The molecule has 0 bridgehead atoms. The van der Waals surface area contributed by atoms with E-state index in [0.717, 1.165) is 16.8 Å². The van der Waals surface area contributed by atoms with Crippen LogP contribution in [0.3, 0.4) is 0 Å². The van der Waals surface area contributed by atoms with Crippen LogP contribution in [0.1, 0.15) is 19.4 Å². The van der Waals surface area contributed by atoms with Gasteiger partial charge in [-0.15, -0.1) is 0 Å². The van der Waals surface area contributed by atoms with Crippen molar-refractivity contribution in [1.82, 2.24) is 8.87 Å². The fraction of sp³-hybridized carbons (Fsp3) is 0.333. The summed E-state index contributed by atoms with van der Waals surface area (Å²) in [6.45, 7) is 5.27. The van der Waals surface area contributed by atoms with Crippen LogP contribution in [0.15, 0.2) is 46.2 Å². The van der Waals surface area contributed by atoms with Crippen molar-refractivity contribution in [2.24, 2.45) is 0 Å². The molecule has 0 saturated heterocycles. The number of aromatic nitrogens is 1. The number of nitrogens with one attached hydrogen (secondary N) is 1. The molecule has 1 heterocycles. The third kappa shape index (κ3) is 4.81. The number of pyridine rings is 1. The van der Waals surface area contributed by atoms with Crippen molar-refractivity contribution < 1.29 is 17.6 Å². The summed E-state index contributed by atoms with van der Waals surface area (Å²) in [6, 6.07) is 6.65. The molecule has 1 aromatic heterocycles. The predicted octanol–water partition coefficient (Wildman–Crippen LogP) is 1.97. The summed E-state index contributed by atoms with van der Waals surface area (Å²) in [4.78, 5) is 24.1. The zero-order chi connectivity index (χ0) is 20.2. The highest BCUT2D eigenvalue weighted by molar-refractivity contribution is 7.89. The van der Waals surface area contributed by atoms with Crippen LogP contribution in [-0.4, -0.2) is 36.3 Å². The van der Waals surface area contributed by atoms with Gasteiger partial charge >= 0.3 is 0 Å².